The van der Waals surface area contributed by atoms with Crippen molar-refractivity contribution in [3.63, 3.8) is 0 Å². The smallest absolute Gasteiger partial charge is 0.278 e. The first-order chi connectivity index (χ1) is 10.0. The van der Waals surface area contributed by atoms with E-state index >= 15 is 0 Å². The predicted octanol–water partition coefficient (Wildman–Crippen LogP) is -2.27. The average molecular weight is 292 g/mol. The van der Waals surface area contributed by atoms with E-state index in [0.29, 0.717) is 0 Å². The minimum atomic E-state index is -1.72. The number of terminal acetylenes is 1. The summed E-state index contributed by atoms with van der Waals surface area (Å²) < 4.78 is 6.73. The highest BCUT2D eigenvalue weighted by Gasteiger charge is 2.54. The summed E-state index contributed by atoms with van der Waals surface area (Å²) in [5.41, 5.74) is -1.94. The molecule has 0 aliphatic carbocycles. The first kappa shape index (κ1) is 13.7. The van der Waals surface area contributed by atoms with Crippen LogP contribution in [0.4, 0.5) is 0 Å². The van der Waals surface area contributed by atoms with E-state index in [1.165, 1.54) is 17.2 Å². The van der Waals surface area contributed by atoms with E-state index in [9.17, 15) is 20.1 Å². The van der Waals surface area contributed by atoms with Crippen molar-refractivity contribution >= 4 is 11.2 Å². The third-order valence-corrected chi connectivity index (χ3v) is 3.54. The van der Waals surface area contributed by atoms with Gasteiger partial charge in [-0.3, -0.25) is 9.36 Å². The van der Waals surface area contributed by atoms with Gasteiger partial charge < -0.3 is 25.0 Å². The van der Waals surface area contributed by atoms with Crippen LogP contribution in [-0.2, 0) is 4.74 Å². The van der Waals surface area contributed by atoms with Gasteiger partial charge in [0.2, 0.25) is 0 Å². The van der Waals surface area contributed by atoms with Gasteiger partial charge in [0.05, 0.1) is 19.3 Å². The van der Waals surface area contributed by atoms with Crippen LogP contribution in [0.5, 0.6) is 0 Å². The van der Waals surface area contributed by atoms with E-state index in [0.717, 1.165) is 0 Å². The lowest BCUT2D eigenvalue weighted by molar-refractivity contribution is -0.0911. The molecular weight excluding hydrogens is 280 g/mol. The number of aromatic nitrogens is 4. The number of nitrogens with zero attached hydrogens (tertiary/aromatic N) is 3. The Bertz CT molecular complexity index is 778. The summed E-state index contributed by atoms with van der Waals surface area (Å²) in [6, 6.07) is 0. The molecule has 3 rings (SSSR count). The number of ether oxygens (including phenoxy) is 1. The fourth-order valence-corrected chi connectivity index (χ4v) is 2.35. The second-order valence-corrected chi connectivity index (χ2v) is 4.69. The molecule has 0 radical (unpaired) electrons. The highest BCUT2D eigenvalue weighted by Crippen LogP contribution is 2.37. The van der Waals surface area contributed by atoms with Gasteiger partial charge in [-0.25, -0.2) is 9.97 Å². The van der Waals surface area contributed by atoms with E-state index in [1.54, 1.807) is 0 Å². The Morgan fingerprint density at radius 1 is 1.52 bits per heavy atom. The lowest BCUT2D eigenvalue weighted by atomic mass is 9.97. The first-order valence-electron chi connectivity index (χ1n) is 6.07. The Morgan fingerprint density at radius 2 is 2.29 bits per heavy atom. The lowest BCUT2D eigenvalue weighted by Crippen LogP contribution is -2.44. The molecule has 9 nitrogen and oxygen atoms in total. The van der Waals surface area contributed by atoms with Crippen molar-refractivity contribution in [2.45, 2.75) is 24.0 Å². The van der Waals surface area contributed by atoms with Gasteiger partial charge >= 0.3 is 0 Å². The number of aliphatic hydroxyl groups is 3. The summed E-state index contributed by atoms with van der Waals surface area (Å²) in [7, 11) is 0. The van der Waals surface area contributed by atoms with Crippen LogP contribution in [0.1, 0.15) is 6.23 Å². The first-order valence-corrected chi connectivity index (χ1v) is 6.07. The minimum absolute atomic E-state index is 0.0602. The number of nitrogens with one attached hydrogen (secondary N) is 1. The van der Waals surface area contributed by atoms with Gasteiger partial charge in [0.1, 0.15) is 12.2 Å². The van der Waals surface area contributed by atoms with Crippen LogP contribution in [0.25, 0.3) is 11.2 Å². The van der Waals surface area contributed by atoms with Gasteiger partial charge in [-0.05, 0) is 0 Å². The summed E-state index contributed by atoms with van der Waals surface area (Å²) in [6.45, 7) is -0.668. The van der Waals surface area contributed by atoms with Gasteiger partial charge in [-0.15, -0.1) is 6.42 Å². The summed E-state index contributed by atoms with van der Waals surface area (Å²) in [5.74, 6) is 2.15. The summed E-state index contributed by atoms with van der Waals surface area (Å²) in [5, 5.41) is 29.5. The SMILES string of the molecule is C#C[C@]1(CO)O[C@@H](n2cnc3c(=O)[nH]cnc32)[C@@H](O)[C@@H]1O. The Kier molecular flexibility index (Phi) is 3.03. The lowest BCUT2D eigenvalue weighted by Gasteiger charge is -2.23. The maximum atomic E-state index is 11.6. The quantitative estimate of drug-likeness (QED) is 0.459. The molecule has 1 aliphatic heterocycles. The molecular formula is C12H12N4O5. The molecule has 0 unspecified atom stereocenters. The van der Waals surface area contributed by atoms with Crippen LogP contribution in [0.2, 0.25) is 0 Å². The Morgan fingerprint density at radius 3 is 2.90 bits per heavy atom. The van der Waals surface area contributed by atoms with Gasteiger partial charge in [0.15, 0.2) is 23.0 Å². The molecule has 4 N–H and O–H groups in total. The molecule has 1 saturated heterocycles. The van der Waals surface area contributed by atoms with Crippen LogP contribution in [-0.4, -0.2) is 59.3 Å². The molecule has 0 aromatic carbocycles. The minimum Gasteiger partial charge on any atom is -0.392 e. The molecule has 0 spiro atoms. The van der Waals surface area contributed by atoms with Gasteiger partial charge in [-0.1, -0.05) is 5.92 Å². The van der Waals surface area contributed by atoms with Crippen molar-refractivity contribution in [3.8, 4) is 12.3 Å². The van der Waals surface area contributed by atoms with Crippen molar-refractivity contribution in [2.75, 3.05) is 6.61 Å². The number of aliphatic hydroxyl groups excluding tert-OH is 3. The van der Waals surface area contributed by atoms with Gasteiger partial charge in [0.25, 0.3) is 5.56 Å². The number of rotatable bonds is 2. The monoisotopic (exact) mass is 292 g/mol. The molecule has 1 fully saturated rings. The summed E-state index contributed by atoms with van der Waals surface area (Å²) in [6.07, 6.45) is 3.69. The fraction of sp³-hybridized carbons (Fsp3) is 0.417. The predicted molar refractivity (Wildman–Crippen MR) is 68.9 cm³/mol. The van der Waals surface area contributed by atoms with Crippen molar-refractivity contribution in [3.05, 3.63) is 23.0 Å². The number of fused-ring (bicyclic) bond motifs is 1. The normalized spacial score (nSPS) is 32.4. The maximum absolute atomic E-state index is 11.6. The number of aromatic amines is 1. The molecule has 110 valence electrons. The molecule has 3 heterocycles. The fourth-order valence-electron chi connectivity index (χ4n) is 2.35. The average Bonchev–Trinajstić information content (AvgIpc) is 3.02. The van der Waals surface area contributed by atoms with Crippen LogP contribution in [0, 0.1) is 12.3 Å². The van der Waals surface area contributed by atoms with Crippen LogP contribution in [0.15, 0.2) is 17.4 Å². The zero-order chi connectivity index (χ0) is 15.2. The Balaban J connectivity index is 2.10. The van der Waals surface area contributed by atoms with Crippen LogP contribution >= 0.6 is 0 Å². The third-order valence-electron chi connectivity index (χ3n) is 3.54. The standard InChI is InChI=1S/C12H12N4O5/c1-2-12(3-17)8(19)7(18)11(21-12)16-5-15-6-9(16)13-4-14-10(6)20/h1,4-5,7-8,11,17-19H,3H2,(H,13,14,20)/t7-,8-,11+,12+/m0/s1. The zero-order valence-corrected chi connectivity index (χ0v) is 10.7. The Hall–Kier alpha value is -2.25. The van der Waals surface area contributed by atoms with Gasteiger partial charge in [0, 0.05) is 0 Å². The number of imidazole rings is 1. The van der Waals surface area contributed by atoms with Crippen molar-refractivity contribution in [1.29, 1.82) is 0 Å². The molecule has 1 aliphatic rings. The molecule has 0 amide bonds. The Labute approximate surface area is 117 Å². The number of H-pyrrole nitrogens is 1. The molecule has 2 aromatic heterocycles. The van der Waals surface area contributed by atoms with Crippen molar-refractivity contribution in [2.24, 2.45) is 0 Å². The zero-order valence-electron chi connectivity index (χ0n) is 10.7. The molecule has 21 heavy (non-hydrogen) atoms. The third kappa shape index (κ3) is 1.78. The van der Waals surface area contributed by atoms with Crippen LogP contribution < -0.4 is 5.56 Å². The highest BCUT2D eigenvalue weighted by molar-refractivity contribution is 5.68. The van der Waals surface area contributed by atoms with Crippen molar-refractivity contribution < 1.29 is 20.1 Å². The number of hydrogen-bond acceptors (Lipinski definition) is 7. The molecule has 4 atom stereocenters. The van der Waals surface area contributed by atoms with Crippen molar-refractivity contribution in [1.82, 2.24) is 19.5 Å². The molecule has 0 saturated carbocycles. The van der Waals surface area contributed by atoms with E-state index < -0.39 is 36.2 Å². The number of hydrogen-bond donors (Lipinski definition) is 4. The van der Waals surface area contributed by atoms with Gasteiger partial charge in [-0.2, -0.15) is 0 Å². The van der Waals surface area contributed by atoms with E-state index in [1.807, 2.05) is 0 Å². The molecule has 2 aromatic rings. The molecule has 0 bridgehead atoms. The molecule has 9 heteroatoms. The largest absolute Gasteiger partial charge is 0.392 e. The van der Waals surface area contributed by atoms with E-state index in [4.69, 9.17) is 11.2 Å². The topological polar surface area (TPSA) is 133 Å². The van der Waals surface area contributed by atoms with Crippen LogP contribution in [0.3, 0.4) is 0 Å². The van der Waals surface area contributed by atoms with E-state index in [-0.39, 0.29) is 11.2 Å². The summed E-state index contributed by atoms with van der Waals surface area (Å²) in [4.78, 5) is 21.8. The van der Waals surface area contributed by atoms with E-state index in [2.05, 4.69) is 20.9 Å². The second-order valence-electron chi connectivity index (χ2n) is 4.69. The summed E-state index contributed by atoms with van der Waals surface area (Å²) >= 11 is 0. The maximum Gasteiger partial charge on any atom is 0.278 e. The highest BCUT2D eigenvalue weighted by atomic mass is 16.6. The second kappa shape index (κ2) is 4.64.